The minimum Gasteiger partial charge on any atom is -0.399 e. The number of rotatable bonds is 4. The van der Waals surface area contributed by atoms with Crippen LogP contribution in [0, 0.1) is 6.92 Å². The molecule has 90 valence electrons. The van der Waals surface area contributed by atoms with Crippen molar-refractivity contribution >= 4 is 17.0 Å². The van der Waals surface area contributed by atoms with E-state index in [1.165, 1.54) is 0 Å². The predicted molar refractivity (Wildman–Crippen MR) is 70.7 cm³/mol. The third kappa shape index (κ3) is 3.51. The number of pyridine rings is 1. The average Bonchev–Trinajstić information content (AvgIpc) is 2.63. The van der Waals surface area contributed by atoms with E-state index in [0.29, 0.717) is 0 Å². The smallest absolute Gasteiger partial charge is 0.0897 e. The van der Waals surface area contributed by atoms with Crippen LogP contribution in [0.5, 0.6) is 0 Å². The van der Waals surface area contributed by atoms with E-state index in [1.54, 1.807) is 23.6 Å². The van der Waals surface area contributed by atoms with Crippen LogP contribution >= 0.6 is 11.3 Å². The molecular formula is C12H16N4S. The van der Waals surface area contributed by atoms with E-state index in [9.17, 15) is 0 Å². The van der Waals surface area contributed by atoms with Crippen LogP contribution in [0.2, 0.25) is 0 Å². The van der Waals surface area contributed by atoms with Crippen LogP contribution in [-0.2, 0) is 13.1 Å². The first-order valence-electron chi connectivity index (χ1n) is 5.43. The van der Waals surface area contributed by atoms with Crippen molar-refractivity contribution in [3.05, 3.63) is 40.1 Å². The summed E-state index contributed by atoms with van der Waals surface area (Å²) in [6.45, 7) is 3.63. The van der Waals surface area contributed by atoms with Gasteiger partial charge in [-0.15, -0.1) is 11.3 Å². The SMILES string of the molecule is Cc1nc(CN(C)Cc2cc(N)ccn2)cs1. The Bertz CT molecular complexity index is 495. The Morgan fingerprint density at radius 3 is 2.76 bits per heavy atom. The highest BCUT2D eigenvalue weighted by Crippen LogP contribution is 2.11. The summed E-state index contributed by atoms with van der Waals surface area (Å²) < 4.78 is 0. The Kier molecular flexibility index (Phi) is 3.71. The van der Waals surface area contributed by atoms with Crippen molar-refractivity contribution in [2.75, 3.05) is 12.8 Å². The fraction of sp³-hybridized carbons (Fsp3) is 0.333. The highest BCUT2D eigenvalue weighted by atomic mass is 32.1. The zero-order valence-corrected chi connectivity index (χ0v) is 10.9. The van der Waals surface area contributed by atoms with Crippen LogP contribution < -0.4 is 5.73 Å². The van der Waals surface area contributed by atoms with Gasteiger partial charge in [0.1, 0.15) is 0 Å². The van der Waals surface area contributed by atoms with Crippen LogP contribution in [0.4, 0.5) is 5.69 Å². The lowest BCUT2D eigenvalue weighted by atomic mass is 10.3. The molecule has 0 aliphatic heterocycles. The standard InChI is InChI=1S/C12H16N4S/c1-9-15-12(8-17-9)7-16(2)6-11-5-10(13)3-4-14-11/h3-5,8H,6-7H2,1-2H3,(H2,13,14). The van der Waals surface area contributed by atoms with Gasteiger partial charge >= 0.3 is 0 Å². The van der Waals surface area contributed by atoms with Gasteiger partial charge in [-0.05, 0) is 26.1 Å². The summed E-state index contributed by atoms with van der Waals surface area (Å²) in [5.74, 6) is 0. The molecule has 2 N–H and O–H groups in total. The van der Waals surface area contributed by atoms with E-state index >= 15 is 0 Å². The van der Waals surface area contributed by atoms with Gasteiger partial charge in [-0.2, -0.15) is 0 Å². The second kappa shape index (κ2) is 5.25. The van der Waals surface area contributed by atoms with Crippen molar-refractivity contribution in [2.24, 2.45) is 0 Å². The number of thiazole rings is 1. The van der Waals surface area contributed by atoms with Gasteiger partial charge in [0.05, 0.1) is 16.4 Å². The molecule has 4 nitrogen and oxygen atoms in total. The van der Waals surface area contributed by atoms with Crippen LogP contribution in [0.25, 0.3) is 0 Å². The minimum atomic E-state index is 0.757. The molecule has 0 amide bonds. The van der Waals surface area contributed by atoms with Gasteiger partial charge in [0, 0.05) is 30.4 Å². The maximum Gasteiger partial charge on any atom is 0.0897 e. The van der Waals surface area contributed by atoms with Crippen molar-refractivity contribution in [1.29, 1.82) is 0 Å². The molecule has 2 aromatic heterocycles. The third-order valence-electron chi connectivity index (χ3n) is 2.37. The van der Waals surface area contributed by atoms with Gasteiger partial charge in [0.15, 0.2) is 0 Å². The zero-order valence-electron chi connectivity index (χ0n) is 10.1. The summed E-state index contributed by atoms with van der Waals surface area (Å²) in [5, 5.41) is 3.20. The molecule has 2 rings (SSSR count). The lowest BCUT2D eigenvalue weighted by Crippen LogP contribution is -2.18. The quantitative estimate of drug-likeness (QED) is 0.900. The van der Waals surface area contributed by atoms with Crippen molar-refractivity contribution in [2.45, 2.75) is 20.0 Å². The van der Waals surface area contributed by atoms with E-state index in [4.69, 9.17) is 5.73 Å². The summed E-state index contributed by atoms with van der Waals surface area (Å²) >= 11 is 1.68. The van der Waals surface area contributed by atoms with Crippen molar-refractivity contribution in [1.82, 2.24) is 14.9 Å². The lowest BCUT2D eigenvalue weighted by Gasteiger charge is -2.14. The summed E-state index contributed by atoms with van der Waals surface area (Å²) in [5.41, 5.74) is 8.57. The molecule has 5 heteroatoms. The average molecular weight is 248 g/mol. The second-order valence-corrected chi connectivity index (χ2v) is 5.17. The molecule has 0 saturated heterocycles. The maximum absolute atomic E-state index is 5.72. The van der Waals surface area contributed by atoms with Gasteiger partial charge in [0.2, 0.25) is 0 Å². The molecule has 0 aliphatic carbocycles. The highest BCUT2D eigenvalue weighted by molar-refractivity contribution is 7.09. The number of nitrogens with zero attached hydrogens (tertiary/aromatic N) is 3. The van der Waals surface area contributed by atoms with Gasteiger partial charge in [-0.25, -0.2) is 4.98 Å². The summed E-state index contributed by atoms with van der Waals surface area (Å²) in [6, 6.07) is 3.70. The summed E-state index contributed by atoms with van der Waals surface area (Å²) in [4.78, 5) is 10.9. The number of aromatic nitrogens is 2. The first-order chi connectivity index (χ1) is 8.13. The first kappa shape index (κ1) is 12.0. The van der Waals surface area contributed by atoms with Crippen molar-refractivity contribution in [3.8, 4) is 0 Å². The molecule has 0 atom stereocenters. The fourth-order valence-electron chi connectivity index (χ4n) is 1.67. The Hall–Kier alpha value is -1.46. The number of aryl methyl sites for hydroxylation is 1. The number of anilines is 1. The number of nitrogen functional groups attached to an aromatic ring is 1. The summed E-state index contributed by atoms with van der Waals surface area (Å²) in [7, 11) is 2.06. The van der Waals surface area contributed by atoms with Crippen LogP contribution in [-0.4, -0.2) is 21.9 Å². The molecule has 2 aromatic rings. The van der Waals surface area contributed by atoms with Gasteiger partial charge < -0.3 is 5.73 Å². The van der Waals surface area contributed by atoms with Crippen molar-refractivity contribution in [3.63, 3.8) is 0 Å². The normalized spacial score (nSPS) is 11.0. The second-order valence-electron chi connectivity index (χ2n) is 4.11. The van der Waals surface area contributed by atoms with Crippen LogP contribution in [0.3, 0.4) is 0 Å². The third-order valence-corrected chi connectivity index (χ3v) is 3.19. The molecule has 0 bridgehead atoms. The first-order valence-corrected chi connectivity index (χ1v) is 6.31. The molecule has 0 unspecified atom stereocenters. The van der Waals surface area contributed by atoms with E-state index in [0.717, 1.165) is 35.2 Å². The Balaban J connectivity index is 1.95. The van der Waals surface area contributed by atoms with Gasteiger partial charge in [-0.3, -0.25) is 9.88 Å². The fourth-order valence-corrected chi connectivity index (χ4v) is 2.28. The molecule has 0 saturated carbocycles. The molecule has 0 spiro atoms. The Labute approximate surface area is 105 Å². The van der Waals surface area contributed by atoms with Crippen LogP contribution in [0.15, 0.2) is 23.7 Å². The topological polar surface area (TPSA) is 55.0 Å². The van der Waals surface area contributed by atoms with E-state index in [1.807, 2.05) is 13.0 Å². The van der Waals surface area contributed by atoms with Crippen molar-refractivity contribution < 1.29 is 0 Å². The zero-order chi connectivity index (χ0) is 12.3. The lowest BCUT2D eigenvalue weighted by molar-refractivity contribution is 0.312. The molecular weight excluding hydrogens is 232 g/mol. The number of nitrogens with two attached hydrogens (primary N) is 1. The molecule has 0 aromatic carbocycles. The summed E-state index contributed by atoms with van der Waals surface area (Å²) in [6.07, 6.45) is 1.74. The molecule has 0 aliphatic rings. The molecule has 17 heavy (non-hydrogen) atoms. The number of hydrogen-bond acceptors (Lipinski definition) is 5. The monoisotopic (exact) mass is 248 g/mol. The van der Waals surface area contributed by atoms with Gasteiger partial charge in [-0.1, -0.05) is 0 Å². The predicted octanol–water partition coefficient (Wildman–Crippen LogP) is 2.06. The van der Waals surface area contributed by atoms with E-state index in [-0.39, 0.29) is 0 Å². The van der Waals surface area contributed by atoms with Crippen LogP contribution in [0.1, 0.15) is 16.4 Å². The number of hydrogen-bond donors (Lipinski definition) is 1. The Morgan fingerprint density at radius 2 is 2.12 bits per heavy atom. The maximum atomic E-state index is 5.72. The molecule has 0 fully saturated rings. The minimum absolute atomic E-state index is 0.757. The largest absolute Gasteiger partial charge is 0.399 e. The molecule has 0 radical (unpaired) electrons. The highest BCUT2D eigenvalue weighted by Gasteiger charge is 2.05. The van der Waals surface area contributed by atoms with E-state index < -0.39 is 0 Å². The van der Waals surface area contributed by atoms with E-state index in [2.05, 4.69) is 27.3 Å². The van der Waals surface area contributed by atoms with Gasteiger partial charge in [0.25, 0.3) is 0 Å². The Morgan fingerprint density at radius 1 is 1.35 bits per heavy atom. The molecule has 2 heterocycles.